The molecule has 0 saturated heterocycles. The maximum absolute atomic E-state index is 12.1. The van der Waals surface area contributed by atoms with E-state index in [4.69, 9.17) is 33.2 Å². The van der Waals surface area contributed by atoms with Gasteiger partial charge in [-0.25, -0.2) is 47.9 Å². The smallest absolute Gasteiger partial charge is 0.417 e. The van der Waals surface area contributed by atoms with Crippen LogP contribution in [-0.2, 0) is 119 Å². The summed E-state index contributed by atoms with van der Waals surface area (Å²) in [5, 5.41) is 0. The summed E-state index contributed by atoms with van der Waals surface area (Å²) < 4.78 is 61.7. The zero-order valence-corrected chi connectivity index (χ0v) is 43.8. The van der Waals surface area contributed by atoms with Crippen LogP contribution >= 0.6 is 0 Å². The fraction of sp³-hybridized carbons (Fsp3) is 0.660. The van der Waals surface area contributed by atoms with E-state index in [2.05, 4.69) is 28.4 Å². The average molecular weight is 1040 g/mol. The minimum absolute atomic E-state index is 0.0102. The van der Waals surface area contributed by atoms with Crippen LogP contribution in [0.5, 0.6) is 0 Å². The molecule has 0 saturated carbocycles. The Morgan fingerprint density at radius 3 is 0.833 bits per heavy atom. The summed E-state index contributed by atoms with van der Waals surface area (Å²) in [6, 6.07) is 0. The van der Waals surface area contributed by atoms with Gasteiger partial charge in [0.2, 0.25) is 11.6 Å². The molecular formula is C47H72O25. The van der Waals surface area contributed by atoms with Crippen LogP contribution in [-0.4, -0.2) is 181 Å². The van der Waals surface area contributed by atoms with Crippen LogP contribution in [0, 0.1) is 16.2 Å². The Morgan fingerprint density at radius 2 is 0.597 bits per heavy atom. The number of ketones is 2. The molecule has 0 unspecified atom stereocenters. The first kappa shape index (κ1) is 69.7. The highest BCUT2D eigenvalue weighted by Gasteiger charge is 2.36. The summed E-state index contributed by atoms with van der Waals surface area (Å²) in [7, 11) is 11.2. The molecule has 72 heavy (non-hydrogen) atoms. The maximum atomic E-state index is 12.1. The zero-order chi connectivity index (χ0) is 56.1. The second-order valence-corrected chi connectivity index (χ2v) is 15.7. The first-order valence-corrected chi connectivity index (χ1v) is 21.9. The van der Waals surface area contributed by atoms with E-state index >= 15 is 0 Å². The lowest BCUT2D eigenvalue weighted by Crippen LogP contribution is -2.39. The van der Waals surface area contributed by atoms with Crippen molar-refractivity contribution in [2.75, 3.05) is 110 Å². The van der Waals surface area contributed by atoms with E-state index in [1.54, 1.807) is 6.92 Å². The van der Waals surface area contributed by atoms with Crippen LogP contribution in [0.15, 0.2) is 23.3 Å². The molecule has 0 spiro atoms. The van der Waals surface area contributed by atoms with Gasteiger partial charge in [0.1, 0.15) is 26.4 Å². The third-order valence-electron chi connectivity index (χ3n) is 10.6. The Labute approximate surface area is 419 Å². The predicted molar refractivity (Wildman–Crippen MR) is 246 cm³/mol. The van der Waals surface area contributed by atoms with Crippen molar-refractivity contribution in [1.82, 2.24) is 0 Å². The van der Waals surface area contributed by atoms with Crippen LogP contribution < -0.4 is 0 Å². The molecule has 0 aromatic rings. The Morgan fingerprint density at radius 1 is 0.333 bits per heavy atom. The van der Waals surface area contributed by atoms with Crippen molar-refractivity contribution in [3.63, 3.8) is 0 Å². The second-order valence-electron chi connectivity index (χ2n) is 15.7. The lowest BCUT2D eigenvalue weighted by atomic mass is 9.76. The molecule has 0 atom stereocenters. The molecule has 0 rings (SSSR count). The first-order valence-electron chi connectivity index (χ1n) is 21.9. The van der Waals surface area contributed by atoms with Gasteiger partial charge in [0.05, 0.1) is 73.3 Å². The Bertz CT molecular complexity index is 1690. The summed E-state index contributed by atoms with van der Waals surface area (Å²) in [6.45, 7) is 8.18. The van der Waals surface area contributed by atoms with Crippen LogP contribution in [0.1, 0.15) is 79.6 Å². The highest BCUT2D eigenvalue weighted by Crippen LogP contribution is 2.34. The summed E-state index contributed by atoms with van der Waals surface area (Å²) >= 11 is 0. The molecule has 410 valence electrons. The number of carbonyl (C=O) groups is 12. The lowest BCUT2D eigenvalue weighted by molar-refractivity contribution is -0.174. The van der Waals surface area contributed by atoms with Gasteiger partial charge >= 0.3 is 59.7 Å². The average Bonchev–Trinajstić information content (AvgIpc) is 3.39. The standard InChI is InChI=1S/C19H28O9.C15H24O7.C13H20O9/c1-7-19(10-24-4,11-27-17(22)13(2)8-15(20)25-5)12-28-18(23)14(3)9-16(21)26-6;1-5-15(10-20-2,8-6-11(16)13(18)21-3)9-7-12(17)14(19)22-4;1-5-13(6-18-2,7-21-11(16)9(14)19-3)8-22-12(17)10(15)20-4/h8-9H,7,10-12H2,1-6H3;5-10H2,1-4H3;5-8H2,1-4H3/b13-8+,14-9+;;. The molecular weight excluding hydrogens is 964 g/mol. The fourth-order valence-electron chi connectivity index (χ4n) is 5.67. The van der Waals surface area contributed by atoms with Crippen molar-refractivity contribution in [2.24, 2.45) is 16.2 Å². The van der Waals surface area contributed by atoms with Crippen molar-refractivity contribution in [3.8, 4) is 0 Å². The Hall–Kier alpha value is -6.60. The van der Waals surface area contributed by atoms with E-state index in [0.717, 1.165) is 40.6 Å². The molecule has 0 heterocycles. The minimum Gasteiger partial charge on any atom is -0.466 e. The number of carbonyl (C=O) groups excluding carboxylic acids is 12. The normalized spacial score (nSPS) is 11.3. The van der Waals surface area contributed by atoms with Gasteiger partial charge in [0, 0.05) is 57.5 Å². The Balaban J connectivity index is -0.00000100. The largest absolute Gasteiger partial charge is 0.466 e. The summed E-state index contributed by atoms with van der Waals surface area (Å²) in [6.07, 6.45) is 4.32. The monoisotopic (exact) mass is 1040 g/mol. The van der Waals surface area contributed by atoms with Crippen molar-refractivity contribution >= 4 is 71.3 Å². The molecule has 0 bridgehead atoms. The molecule has 0 radical (unpaired) electrons. The highest BCUT2D eigenvalue weighted by molar-refractivity contribution is 6.34. The molecule has 25 heteroatoms. The SMILES string of the molecule is CCC(CCC(=O)C(=O)OC)(CCC(=O)C(=O)OC)COC.CCC(COC)(COC(=O)/C(C)=C/C(=O)OC)COC(=O)/C(C)=C/C(=O)OC.CCC(COC)(COC(=O)C(=O)OC)COC(=O)C(=O)OC. The summed E-state index contributed by atoms with van der Waals surface area (Å²) in [4.78, 5) is 137. The minimum atomic E-state index is -1.17. The van der Waals surface area contributed by atoms with Gasteiger partial charge in [-0.3, -0.25) is 9.59 Å². The summed E-state index contributed by atoms with van der Waals surface area (Å²) in [5.74, 6) is -10.4. The van der Waals surface area contributed by atoms with Gasteiger partial charge in [0.25, 0.3) is 0 Å². The van der Waals surface area contributed by atoms with Gasteiger partial charge in [-0.15, -0.1) is 0 Å². The first-order chi connectivity index (χ1) is 33.8. The van der Waals surface area contributed by atoms with Crippen molar-refractivity contribution in [1.29, 1.82) is 0 Å². The van der Waals surface area contributed by atoms with Crippen LogP contribution in [0.25, 0.3) is 0 Å². The summed E-state index contributed by atoms with van der Waals surface area (Å²) in [5.41, 5.74) is -2.01. The molecule has 25 nitrogen and oxygen atoms in total. The van der Waals surface area contributed by atoms with E-state index in [0.29, 0.717) is 38.7 Å². The van der Waals surface area contributed by atoms with E-state index in [-0.39, 0.29) is 63.6 Å². The molecule has 0 aliphatic rings. The van der Waals surface area contributed by atoms with E-state index in [1.165, 1.54) is 49.4 Å². The molecule has 0 aromatic heterocycles. The van der Waals surface area contributed by atoms with Crippen LogP contribution in [0.3, 0.4) is 0 Å². The Kier molecular flexibility index (Phi) is 36.9. The van der Waals surface area contributed by atoms with Crippen LogP contribution in [0.2, 0.25) is 0 Å². The van der Waals surface area contributed by atoms with Crippen molar-refractivity contribution in [2.45, 2.75) is 79.6 Å². The number of hydrogen-bond donors (Lipinski definition) is 0. The van der Waals surface area contributed by atoms with Gasteiger partial charge < -0.3 is 61.6 Å². The molecule has 0 aromatic carbocycles. The molecule has 0 aliphatic heterocycles. The van der Waals surface area contributed by atoms with E-state index in [1.807, 2.05) is 13.8 Å². The molecule has 0 N–H and O–H groups in total. The second kappa shape index (κ2) is 38.1. The van der Waals surface area contributed by atoms with Gasteiger partial charge in [0.15, 0.2) is 0 Å². The maximum Gasteiger partial charge on any atom is 0.417 e. The van der Waals surface area contributed by atoms with E-state index in [9.17, 15) is 57.5 Å². The van der Waals surface area contributed by atoms with Crippen molar-refractivity contribution in [3.05, 3.63) is 23.3 Å². The third kappa shape index (κ3) is 27.7. The van der Waals surface area contributed by atoms with Gasteiger partial charge in [-0.1, -0.05) is 20.8 Å². The topological polar surface area (TPSA) is 325 Å². The quantitative estimate of drug-likeness (QED) is 0.0447. The molecule has 0 aliphatic carbocycles. The third-order valence-corrected chi connectivity index (χ3v) is 10.6. The number of Topliss-reactive ketones (excluding diaryl/α,β-unsaturated/α-hetero) is 2. The highest BCUT2D eigenvalue weighted by atomic mass is 16.6. The van der Waals surface area contributed by atoms with E-state index < -0.39 is 87.5 Å². The molecule has 0 fully saturated rings. The molecule has 0 amide bonds. The van der Waals surface area contributed by atoms with Gasteiger partial charge in [-0.05, 0) is 51.4 Å². The van der Waals surface area contributed by atoms with Gasteiger partial charge in [-0.2, -0.15) is 0 Å². The lowest BCUT2D eigenvalue weighted by Gasteiger charge is -2.31. The predicted octanol–water partition coefficient (Wildman–Crippen LogP) is 1.89. The zero-order valence-electron chi connectivity index (χ0n) is 43.8. The number of ether oxygens (including phenoxy) is 13. The number of methoxy groups -OCH3 is 9. The van der Waals surface area contributed by atoms with Crippen LogP contribution in [0.4, 0.5) is 0 Å². The number of rotatable bonds is 29. The van der Waals surface area contributed by atoms with Crippen molar-refractivity contribution < 1.29 is 119 Å². The number of hydrogen-bond acceptors (Lipinski definition) is 25. The fourth-order valence-corrected chi connectivity index (χ4v) is 5.67. The number of esters is 10.